The topological polar surface area (TPSA) is 39.1 Å². The summed E-state index contributed by atoms with van der Waals surface area (Å²) < 4.78 is 7.25. The number of nitrogens with zero attached hydrogens (tertiary/aromatic N) is 2. The Labute approximate surface area is 114 Å². The summed E-state index contributed by atoms with van der Waals surface area (Å²) in [4.78, 5) is 4.39. The number of hydrogen-bond donors (Lipinski definition) is 1. The fourth-order valence-corrected chi connectivity index (χ4v) is 1.83. The van der Waals surface area contributed by atoms with Crippen LogP contribution < -0.4 is 10.1 Å². The normalized spacial score (nSPS) is 10.9. The van der Waals surface area contributed by atoms with Crippen molar-refractivity contribution in [1.82, 2.24) is 14.9 Å². The Hall–Kier alpha value is -1.81. The molecule has 2 aromatic rings. The van der Waals surface area contributed by atoms with Crippen LogP contribution in [0.25, 0.3) is 0 Å². The number of hydrogen-bond acceptors (Lipinski definition) is 3. The quantitative estimate of drug-likeness (QED) is 0.866. The molecule has 4 heteroatoms. The van der Waals surface area contributed by atoms with Gasteiger partial charge in [-0.25, -0.2) is 4.98 Å². The van der Waals surface area contributed by atoms with Crippen LogP contribution >= 0.6 is 0 Å². The lowest BCUT2D eigenvalue weighted by molar-refractivity contribution is 0.414. The van der Waals surface area contributed by atoms with Gasteiger partial charge in [-0.05, 0) is 17.7 Å². The van der Waals surface area contributed by atoms with Gasteiger partial charge in [0.05, 0.1) is 19.1 Å². The molecule has 1 N–H and O–H groups in total. The molecule has 0 fully saturated rings. The van der Waals surface area contributed by atoms with E-state index >= 15 is 0 Å². The Kier molecular flexibility index (Phi) is 4.58. The van der Waals surface area contributed by atoms with Crippen LogP contribution in [0.5, 0.6) is 5.75 Å². The first-order valence-electron chi connectivity index (χ1n) is 6.54. The van der Waals surface area contributed by atoms with Crippen LogP contribution in [0.3, 0.4) is 0 Å². The van der Waals surface area contributed by atoms with Gasteiger partial charge in [0.15, 0.2) is 0 Å². The van der Waals surface area contributed by atoms with Gasteiger partial charge in [-0.3, -0.25) is 0 Å². The smallest absolute Gasteiger partial charge is 0.118 e. The van der Waals surface area contributed by atoms with Crippen molar-refractivity contribution >= 4 is 0 Å². The van der Waals surface area contributed by atoms with Gasteiger partial charge in [-0.2, -0.15) is 0 Å². The van der Waals surface area contributed by atoms with Gasteiger partial charge in [0.25, 0.3) is 0 Å². The average Bonchev–Trinajstić information content (AvgIpc) is 2.85. The molecule has 1 heterocycles. The molecule has 0 radical (unpaired) electrons. The van der Waals surface area contributed by atoms with Crippen LogP contribution in [0.4, 0.5) is 0 Å². The number of ether oxygens (including phenoxy) is 1. The molecule has 0 spiro atoms. The van der Waals surface area contributed by atoms with E-state index in [9.17, 15) is 0 Å². The summed E-state index contributed by atoms with van der Waals surface area (Å²) in [6.07, 6.45) is 3.96. The first-order chi connectivity index (χ1) is 9.17. The molecule has 0 saturated carbocycles. The standard InChI is InChI=1S/C15H21N3O/c1-12(2)16-8-14-10-18(11-17-14)9-13-4-6-15(19-3)7-5-13/h4-7,10-12,16H,8-9H2,1-3H3. The fraction of sp³-hybridized carbons (Fsp3) is 0.400. The second-order valence-corrected chi connectivity index (χ2v) is 4.92. The Balaban J connectivity index is 1.95. The van der Waals surface area contributed by atoms with E-state index in [1.165, 1.54) is 5.56 Å². The lowest BCUT2D eigenvalue weighted by Crippen LogP contribution is -2.21. The number of aromatic nitrogens is 2. The molecular weight excluding hydrogens is 238 g/mol. The summed E-state index contributed by atoms with van der Waals surface area (Å²) >= 11 is 0. The van der Waals surface area contributed by atoms with Gasteiger partial charge < -0.3 is 14.6 Å². The van der Waals surface area contributed by atoms with Crippen molar-refractivity contribution in [3.63, 3.8) is 0 Å². The van der Waals surface area contributed by atoms with Crippen LogP contribution in [-0.2, 0) is 13.1 Å². The maximum atomic E-state index is 5.15. The van der Waals surface area contributed by atoms with E-state index in [1.54, 1.807) is 7.11 Å². The van der Waals surface area contributed by atoms with E-state index in [0.29, 0.717) is 6.04 Å². The zero-order valence-corrected chi connectivity index (χ0v) is 11.8. The molecule has 19 heavy (non-hydrogen) atoms. The van der Waals surface area contributed by atoms with Crippen molar-refractivity contribution in [3.05, 3.63) is 48.0 Å². The van der Waals surface area contributed by atoms with Crippen molar-refractivity contribution in [2.75, 3.05) is 7.11 Å². The monoisotopic (exact) mass is 259 g/mol. The summed E-state index contributed by atoms with van der Waals surface area (Å²) in [6, 6.07) is 8.59. The van der Waals surface area contributed by atoms with Gasteiger partial charge in [-0.15, -0.1) is 0 Å². The third-order valence-electron chi connectivity index (χ3n) is 2.90. The lowest BCUT2D eigenvalue weighted by Gasteiger charge is -2.05. The molecule has 0 bridgehead atoms. The largest absolute Gasteiger partial charge is 0.497 e. The van der Waals surface area contributed by atoms with E-state index in [2.05, 4.69) is 47.0 Å². The number of benzene rings is 1. The fourth-order valence-electron chi connectivity index (χ4n) is 1.83. The van der Waals surface area contributed by atoms with E-state index in [4.69, 9.17) is 4.74 Å². The molecule has 0 aliphatic heterocycles. The van der Waals surface area contributed by atoms with Crippen molar-refractivity contribution < 1.29 is 4.74 Å². The highest BCUT2D eigenvalue weighted by atomic mass is 16.5. The zero-order valence-electron chi connectivity index (χ0n) is 11.8. The van der Waals surface area contributed by atoms with Gasteiger partial charge >= 0.3 is 0 Å². The average molecular weight is 259 g/mol. The summed E-state index contributed by atoms with van der Waals surface area (Å²) in [5.74, 6) is 0.885. The van der Waals surface area contributed by atoms with Crippen LogP contribution in [0.15, 0.2) is 36.8 Å². The molecule has 0 saturated heterocycles. The van der Waals surface area contributed by atoms with Gasteiger partial charge in [0.2, 0.25) is 0 Å². The molecule has 0 aliphatic carbocycles. The predicted octanol–water partition coefficient (Wildman–Crippen LogP) is 2.44. The molecule has 0 aliphatic rings. The third-order valence-corrected chi connectivity index (χ3v) is 2.90. The molecule has 4 nitrogen and oxygen atoms in total. The van der Waals surface area contributed by atoms with Gasteiger partial charge in [0, 0.05) is 25.3 Å². The van der Waals surface area contributed by atoms with Crippen LogP contribution in [-0.4, -0.2) is 22.7 Å². The molecule has 1 aromatic carbocycles. The van der Waals surface area contributed by atoms with E-state index in [-0.39, 0.29) is 0 Å². The van der Waals surface area contributed by atoms with Crippen molar-refractivity contribution in [2.45, 2.75) is 33.0 Å². The Morgan fingerprint density at radius 3 is 2.63 bits per heavy atom. The number of nitrogens with one attached hydrogen (secondary N) is 1. The SMILES string of the molecule is COc1ccc(Cn2cnc(CNC(C)C)c2)cc1. The zero-order chi connectivity index (χ0) is 13.7. The van der Waals surface area contributed by atoms with Crippen LogP contribution in [0, 0.1) is 0 Å². The third kappa shape index (κ3) is 4.10. The predicted molar refractivity (Wildman–Crippen MR) is 76.3 cm³/mol. The Morgan fingerprint density at radius 1 is 1.26 bits per heavy atom. The van der Waals surface area contributed by atoms with Crippen molar-refractivity contribution in [3.8, 4) is 5.75 Å². The van der Waals surface area contributed by atoms with Gasteiger partial charge in [0.1, 0.15) is 5.75 Å². The second-order valence-electron chi connectivity index (χ2n) is 4.92. The number of imidazole rings is 1. The number of methoxy groups -OCH3 is 1. The highest BCUT2D eigenvalue weighted by Gasteiger charge is 2.01. The molecule has 102 valence electrons. The number of rotatable bonds is 6. The molecular formula is C15H21N3O. The highest BCUT2D eigenvalue weighted by Crippen LogP contribution is 2.12. The second kappa shape index (κ2) is 6.38. The Morgan fingerprint density at radius 2 is 2.00 bits per heavy atom. The summed E-state index contributed by atoms with van der Waals surface area (Å²) in [5.41, 5.74) is 2.31. The molecule has 2 rings (SSSR count). The minimum Gasteiger partial charge on any atom is -0.497 e. The first kappa shape index (κ1) is 13.6. The summed E-state index contributed by atoms with van der Waals surface area (Å²) in [6.45, 7) is 5.91. The summed E-state index contributed by atoms with van der Waals surface area (Å²) in [5, 5.41) is 3.36. The minimum absolute atomic E-state index is 0.478. The minimum atomic E-state index is 0.478. The molecule has 0 amide bonds. The molecule has 0 unspecified atom stereocenters. The van der Waals surface area contributed by atoms with E-state index in [1.807, 2.05) is 18.5 Å². The maximum absolute atomic E-state index is 5.15. The van der Waals surface area contributed by atoms with Gasteiger partial charge in [-0.1, -0.05) is 26.0 Å². The van der Waals surface area contributed by atoms with E-state index in [0.717, 1.165) is 24.5 Å². The van der Waals surface area contributed by atoms with Crippen LogP contribution in [0.1, 0.15) is 25.1 Å². The lowest BCUT2D eigenvalue weighted by atomic mass is 10.2. The highest BCUT2D eigenvalue weighted by molar-refractivity contribution is 5.27. The maximum Gasteiger partial charge on any atom is 0.118 e. The first-order valence-corrected chi connectivity index (χ1v) is 6.54. The van der Waals surface area contributed by atoms with E-state index < -0.39 is 0 Å². The molecule has 0 atom stereocenters. The van der Waals surface area contributed by atoms with Crippen molar-refractivity contribution in [1.29, 1.82) is 0 Å². The van der Waals surface area contributed by atoms with Crippen molar-refractivity contribution in [2.24, 2.45) is 0 Å². The summed E-state index contributed by atoms with van der Waals surface area (Å²) in [7, 11) is 1.68. The van der Waals surface area contributed by atoms with Crippen LogP contribution in [0.2, 0.25) is 0 Å². The molecule has 1 aromatic heterocycles. The Bertz CT molecular complexity index is 502.